The highest BCUT2D eigenvalue weighted by molar-refractivity contribution is 7.13. The number of hydrogen-bond donors (Lipinski definition) is 1. The van der Waals surface area contributed by atoms with E-state index < -0.39 is 5.56 Å². The first-order valence-electron chi connectivity index (χ1n) is 6.73. The molecule has 0 atom stereocenters. The maximum atomic E-state index is 11.9. The van der Waals surface area contributed by atoms with Crippen LogP contribution in [0.15, 0.2) is 34.7 Å². The summed E-state index contributed by atoms with van der Waals surface area (Å²) in [6.07, 6.45) is 3.44. The van der Waals surface area contributed by atoms with Gasteiger partial charge < -0.3 is 9.72 Å². The van der Waals surface area contributed by atoms with Crippen LogP contribution >= 0.6 is 11.3 Å². The summed E-state index contributed by atoms with van der Waals surface area (Å²) < 4.78 is 5.31. The lowest BCUT2D eigenvalue weighted by molar-refractivity contribution is 0.413. The minimum absolute atomic E-state index is 0.0518. The summed E-state index contributed by atoms with van der Waals surface area (Å²) in [6.45, 7) is 1.75. The van der Waals surface area contributed by atoms with Crippen molar-refractivity contribution in [3.63, 3.8) is 0 Å². The van der Waals surface area contributed by atoms with Crippen LogP contribution in [0.2, 0.25) is 0 Å². The molecule has 0 spiro atoms. The van der Waals surface area contributed by atoms with Gasteiger partial charge in [0, 0.05) is 29.0 Å². The summed E-state index contributed by atoms with van der Waals surface area (Å²) in [4.78, 5) is 23.2. The number of nitriles is 1. The van der Waals surface area contributed by atoms with E-state index in [9.17, 15) is 10.1 Å². The third-order valence-electron chi connectivity index (χ3n) is 3.34. The van der Waals surface area contributed by atoms with Crippen molar-refractivity contribution in [2.75, 3.05) is 7.11 Å². The van der Waals surface area contributed by atoms with Gasteiger partial charge in [0.15, 0.2) is 11.3 Å². The number of rotatable bonds is 3. The van der Waals surface area contributed by atoms with Crippen LogP contribution in [0.25, 0.3) is 21.8 Å². The van der Waals surface area contributed by atoms with Crippen LogP contribution in [-0.2, 0) is 0 Å². The zero-order valence-corrected chi connectivity index (χ0v) is 13.3. The van der Waals surface area contributed by atoms with Crippen molar-refractivity contribution in [3.8, 4) is 33.6 Å². The first kappa shape index (κ1) is 14.9. The quantitative estimate of drug-likeness (QED) is 0.800. The van der Waals surface area contributed by atoms with Gasteiger partial charge in [-0.3, -0.25) is 9.78 Å². The van der Waals surface area contributed by atoms with Crippen LogP contribution in [-0.4, -0.2) is 22.1 Å². The Bertz CT molecular complexity index is 954. The molecule has 3 aromatic rings. The molecule has 3 rings (SSSR count). The molecule has 3 aromatic heterocycles. The molecule has 3 heterocycles. The van der Waals surface area contributed by atoms with Crippen LogP contribution < -0.4 is 10.3 Å². The molecule has 0 saturated heterocycles. The number of methoxy groups -OCH3 is 1. The lowest BCUT2D eigenvalue weighted by Crippen LogP contribution is -2.14. The minimum Gasteiger partial charge on any atom is -0.494 e. The summed E-state index contributed by atoms with van der Waals surface area (Å²) in [5, 5.41) is 11.9. The maximum Gasteiger partial charge on any atom is 0.269 e. The van der Waals surface area contributed by atoms with E-state index in [0.29, 0.717) is 17.0 Å². The summed E-state index contributed by atoms with van der Waals surface area (Å²) >= 11 is 1.46. The highest BCUT2D eigenvalue weighted by Gasteiger charge is 2.20. The molecule has 0 saturated carbocycles. The second kappa shape index (κ2) is 6.02. The minimum atomic E-state index is -0.465. The summed E-state index contributed by atoms with van der Waals surface area (Å²) in [5.74, 6) is 0.247. The zero-order valence-electron chi connectivity index (χ0n) is 12.5. The largest absolute Gasteiger partial charge is 0.494 e. The van der Waals surface area contributed by atoms with E-state index in [-0.39, 0.29) is 11.3 Å². The van der Waals surface area contributed by atoms with Gasteiger partial charge in [0.1, 0.15) is 11.1 Å². The average molecular weight is 324 g/mol. The third kappa shape index (κ3) is 2.60. The van der Waals surface area contributed by atoms with Crippen molar-refractivity contribution >= 4 is 11.3 Å². The molecule has 0 fully saturated rings. The fourth-order valence-electron chi connectivity index (χ4n) is 2.32. The first-order chi connectivity index (χ1) is 11.2. The molecule has 0 aliphatic heterocycles. The molecule has 114 valence electrons. The van der Waals surface area contributed by atoms with E-state index in [0.717, 1.165) is 10.6 Å². The van der Waals surface area contributed by atoms with E-state index >= 15 is 0 Å². The fourth-order valence-corrected chi connectivity index (χ4v) is 3.12. The number of aromatic amines is 1. The van der Waals surface area contributed by atoms with Crippen molar-refractivity contribution in [3.05, 3.63) is 51.5 Å². The monoisotopic (exact) mass is 324 g/mol. The lowest BCUT2D eigenvalue weighted by atomic mass is 10.1. The summed E-state index contributed by atoms with van der Waals surface area (Å²) in [5.41, 5.74) is 2.27. The van der Waals surface area contributed by atoms with Crippen molar-refractivity contribution < 1.29 is 4.74 Å². The van der Waals surface area contributed by atoms with Crippen molar-refractivity contribution in [1.82, 2.24) is 15.0 Å². The normalized spacial score (nSPS) is 10.3. The lowest BCUT2D eigenvalue weighted by Gasteiger charge is -2.10. The molecule has 1 N–H and O–H groups in total. The van der Waals surface area contributed by atoms with Crippen LogP contribution in [0.3, 0.4) is 0 Å². The van der Waals surface area contributed by atoms with Gasteiger partial charge in [-0.25, -0.2) is 4.98 Å². The average Bonchev–Trinajstić information content (AvgIpc) is 3.04. The van der Waals surface area contributed by atoms with Gasteiger partial charge >= 0.3 is 0 Å². The standard InChI is InChI=1S/C16H12N4O2S/c1-9-13(14(22-2)11(6-17)15(21)19-9)12-8-23-16(20-12)10-4-3-5-18-7-10/h3-5,7-8H,1-2H3,(H,19,21). The van der Waals surface area contributed by atoms with E-state index in [1.54, 1.807) is 19.3 Å². The molecule has 0 aliphatic rings. The van der Waals surface area contributed by atoms with Crippen LogP contribution in [0.1, 0.15) is 11.3 Å². The first-order valence-corrected chi connectivity index (χ1v) is 7.61. The Balaban J connectivity index is 2.19. The molecule has 6 nitrogen and oxygen atoms in total. The molecule has 0 radical (unpaired) electrons. The van der Waals surface area contributed by atoms with Crippen molar-refractivity contribution in [1.29, 1.82) is 5.26 Å². The van der Waals surface area contributed by atoms with Gasteiger partial charge in [-0.05, 0) is 19.1 Å². The van der Waals surface area contributed by atoms with Crippen molar-refractivity contribution in [2.24, 2.45) is 0 Å². The molecule has 0 aliphatic carbocycles. The van der Waals surface area contributed by atoms with E-state index in [1.165, 1.54) is 18.4 Å². The Hall–Kier alpha value is -2.98. The van der Waals surface area contributed by atoms with Gasteiger partial charge in [0.25, 0.3) is 5.56 Å². The van der Waals surface area contributed by atoms with Crippen LogP contribution in [0.5, 0.6) is 5.75 Å². The third-order valence-corrected chi connectivity index (χ3v) is 4.23. The zero-order chi connectivity index (χ0) is 16.4. The number of hydrogen-bond acceptors (Lipinski definition) is 6. The number of ether oxygens (including phenoxy) is 1. The van der Waals surface area contributed by atoms with Crippen molar-refractivity contribution in [2.45, 2.75) is 6.92 Å². The van der Waals surface area contributed by atoms with Crippen LogP contribution in [0.4, 0.5) is 0 Å². The second-order valence-corrected chi connectivity index (χ2v) is 5.61. The molecular weight excluding hydrogens is 312 g/mol. The predicted octanol–water partition coefficient (Wildman–Crippen LogP) is 2.75. The Kier molecular flexibility index (Phi) is 3.91. The topological polar surface area (TPSA) is 91.7 Å². The number of pyridine rings is 2. The maximum absolute atomic E-state index is 11.9. The highest BCUT2D eigenvalue weighted by Crippen LogP contribution is 2.36. The number of nitrogens with zero attached hydrogens (tertiary/aromatic N) is 3. The summed E-state index contributed by atoms with van der Waals surface area (Å²) in [6, 6.07) is 5.65. The van der Waals surface area contributed by atoms with Gasteiger partial charge in [0.2, 0.25) is 0 Å². The Morgan fingerprint density at radius 1 is 1.43 bits per heavy atom. The van der Waals surface area contributed by atoms with Gasteiger partial charge in [-0.1, -0.05) is 0 Å². The number of thiazole rings is 1. The summed E-state index contributed by atoms with van der Waals surface area (Å²) in [7, 11) is 1.44. The number of H-pyrrole nitrogens is 1. The Morgan fingerprint density at radius 2 is 2.26 bits per heavy atom. The smallest absolute Gasteiger partial charge is 0.269 e. The molecular formula is C16H12N4O2S. The SMILES string of the molecule is COc1c(-c2csc(-c3cccnc3)n2)c(C)[nH]c(=O)c1C#N. The Morgan fingerprint density at radius 3 is 2.91 bits per heavy atom. The molecule has 0 bridgehead atoms. The van der Waals surface area contributed by atoms with E-state index in [2.05, 4.69) is 15.0 Å². The van der Waals surface area contributed by atoms with E-state index in [1.807, 2.05) is 23.6 Å². The van der Waals surface area contributed by atoms with Crippen LogP contribution in [0, 0.1) is 18.3 Å². The van der Waals surface area contributed by atoms with Gasteiger partial charge in [0.05, 0.1) is 18.4 Å². The number of nitrogens with one attached hydrogen (secondary N) is 1. The highest BCUT2D eigenvalue weighted by atomic mass is 32.1. The van der Waals surface area contributed by atoms with E-state index in [4.69, 9.17) is 4.74 Å². The number of aryl methyl sites for hydroxylation is 1. The molecule has 0 amide bonds. The number of aromatic nitrogens is 3. The molecule has 23 heavy (non-hydrogen) atoms. The molecule has 0 aromatic carbocycles. The van der Waals surface area contributed by atoms with Gasteiger partial charge in [-0.2, -0.15) is 5.26 Å². The second-order valence-electron chi connectivity index (χ2n) is 4.75. The Labute approximate surface area is 136 Å². The fraction of sp³-hybridized carbons (Fsp3) is 0.125. The molecule has 0 unspecified atom stereocenters. The molecule has 7 heteroatoms. The predicted molar refractivity (Wildman–Crippen MR) is 87.4 cm³/mol. The van der Waals surface area contributed by atoms with Gasteiger partial charge in [-0.15, -0.1) is 11.3 Å².